The van der Waals surface area contributed by atoms with Crippen LogP contribution in [-0.4, -0.2) is 73.9 Å². The monoisotopic (exact) mass is 704 g/mol. The van der Waals surface area contributed by atoms with Crippen LogP contribution in [0.25, 0.3) is 0 Å². The highest BCUT2D eigenvalue weighted by molar-refractivity contribution is 7.89. The predicted octanol–water partition coefficient (Wildman–Crippen LogP) is 5.08. The third-order valence-electron chi connectivity index (χ3n) is 7.76. The van der Waals surface area contributed by atoms with E-state index in [1.165, 1.54) is 62.8 Å². The molecule has 0 bridgehead atoms. The maximum absolute atomic E-state index is 14.1. The molecule has 2 N–H and O–H groups in total. The number of ether oxygens (including phenoxy) is 2. The highest BCUT2D eigenvalue weighted by atomic mass is 32.2. The Balaban J connectivity index is 2.19. The molecule has 0 saturated heterocycles. The van der Waals surface area contributed by atoms with E-state index in [1.54, 1.807) is 52.0 Å². The van der Waals surface area contributed by atoms with E-state index in [-0.39, 0.29) is 34.5 Å². The summed E-state index contributed by atoms with van der Waals surface area (Å²) < 4.78 is 68.7. The van der Waals surface area contributed by atoms with Crippen molar-refractivity contribution in [3.8, 4) is 11.5 Å². The molecule has 0 radical (unpaired) electrons. The van der Waals surface area contributed by atoms with Gasteiger partial charge in [0.25, 0.3) is 0 Å². The molecule has 0 heterocycles. The van der Waals surface area contributed by atoms with E-state index in [2.05, 4.69) is 0 Å². The number of hydrogen-bond acceptors (Lipinski definition) is 8. The Hall–Kier alpha value is -3.98. The van der Waals surface area contributed by atoms with Crippen molar-refractivity contribution < 1.29 is 46.1 Å². The van der Waals surface area contributed by atoms with Gasteiger partial charge in [-0.3, -0.25) is 9.59 Å². The Bertz CT molecular complexity index is 1630. The van der Waals surface area contributed by atoms with Crippen molar-refractivity contribution in [1.82, 2.24) is 8.61 Å². The molecule has 0 fully saturated rings. The lowest BCUT2D eigenvalue weighted by molar-refractivity contribution is -0.143. The molecular weight excluding hydrogens is 661 g/mol. The topological polar surface area (TPSA) is 168 Å². The van der Waals surface area contributed by atoms with Gasteiger partial charge >= 0.3 is 11.9 Å². The van der Waals surface area contributed by atoms with Crippen LogP contribution in [0.1, 0.15) is 51.7 Å². The van der Waals surface area contributed by atoms with E-state index in [1.807, 2.05) is 0 Å². The summed E-state index contributed by atoms with van der Waals surface area (Å²) in [6, 6.07) is 14.6. The van der Waals surface area contributed by atoms with Crippen molar-refractivity contribution in [1.29, 1.82) is 0 Å². The lowest BCUT2D eigenvalue weighted by atomic mass is 10.0. The number of rotatable bonds is 18. The number of aliphatic carboxylic acids is 2. The number of methoxy groups -OCH3 is 2. The fourth-order valence-corrected chi connectivity index (χ4v) is 8.41. The maximum atomic E-state index is 14.1. The molecule has 3 rings (SSSR count). The van der Waals surface area contributed by atoms with Gasteiger partial charge in [-0.25, -0.2) is 16.8 Å². The van der Waals surface area contributed by atoms with Crippen molar-refractivity contribution in [2.75, 3.05) is 14.2 Å². The highest BCUT2D eigenvalue weighted by Gasteiger charge is 2.39. The molecule has 0 spiro atoms. The summed E-state index contributed by atoms with van der Waals surface area (Å²) in [5, 5.41) is 20.6. The molecule has 14 heteroatoms. The lowest BCUT2D eigenvalue weighted by Gasteiger charge is -2.32. The molecular formula is C34H44N2O10S2. The van der Waals surface area contributed by atoms with E-state index in [9.17, 15) is 36.6 Å². The quantitative estimate of drug-likeness (QED) is 0.182. The highest BCUT2D eigenvalue weighted by Crippen LogP contribution is 2.30. The summed E-state index contributed by atoms with van der Waals surface area (Å²) in [4.78, 5) is 24.9. The Kier molecular flexibility index (Phi) is 13.2. The zero-order chi connectivity index (χ0) is 35.8. The molecule has 2 atom stereocenters. The van der Waals surface area contributed by atoms with Gasteiger partial charge in [-0.05, 0) is 84.3 Å². The SMILES string of the molecule is COc1ccc(S(=O)(=O)N(Cc2ccccc2CN([C@@H](CC(C)C)C(=O)O)S(=O)(=O)c2ccc(OC)cc2)[C@H](CC(C)C)C(=O)O)cc1. The number of nitrogens with zero attached hydrogens (tertiary/aromatic N) is 2. The molecule has 12 nitrogen and oxygen atoms in total. The number of carboxylic acids is 2. The van der Waals surface area contributed by atoms with Gasteiger partial charge in [-0.15, -0.1) is 0 Å². The number of sulfonamides is 2. The Morgan fingerprint density at radius 3 is 1.17 bits per heavy atom. The van der Waals surface area contributed by atoms with E-state index in [0.29, 0.717) is 22.6 Å². The summed E-state index contributed by atoms with van der Waals surface area (Å²) in [6.07, 6.45) is 0.000666. The van der Waals surface area contributed by atoms with Gasteiger partial charge in [0, 0.05) is 13.1 Å². The third kappa shape index (κ3) is 9.34. The van der Waals surface area contributed by atoms with Gasteiger partial charge in [0.1, 0.15) is 23.6 Å². The molecule has 0 saturated carbocycles. The van der Waals surface area contributed by atoms with Crippen molar-refractivity contribution in [3.05, 3.63) is 83.9 Å². The van der Waals surface area contributed by atoms with Crippen LogP contribution in [0.2, 0.25) is 0 Å². The molecule has 48 heavy (non-hydrogen) atoms. The molecule has 262 valence electrons. The first-order valence-electron chi connectivity index (χ1n) is 15.4. The van der Waals surface area contributed by atoms with Gasteiger partial charge in [0.15, 0.2) is 0 Å². The largest absolute Gasteiger partial charge is 0.497 e. The molecule has 0 unspecified atom stereocenters. The maximum Gasteiger partial charge on any atom is 0.322 e. The Morgan fingerprint density at radius 2 is 0.917 bits per heavy atom. The summed E-state index contributed by atoms with van der Waals surface area (Å²) in [5.41, 5.74) is 0.626. The van der Waals surface area contributed by atoms with Crippen molar-refractivity contribution in [3.63, 3.8) is 0 Å². The Labute approximate surface area is 283 Å². The minimum atomic E-state index is -4.42. The van der Waals surface area contributed by atoms with Crippen molar-refractivity contribution >= 4 is 32.0 Å². The average molecular weight is 705 g/mol. The van der Waals surface area contributed by atoms with E-state index in [4.69, 9.17) is 9.47 Å². The smallest absolute Gasteiger partial charge is 0.322 e. The first kappa shape index (κ1) is 38.5. The summed E-state index contributed by atoms with van der Waals surface area (Å²) in [7, 11) is -5.98. The van der Waals surface area contributed by atoms with Gasteiger partial charge in [0.2, 0.25) is 20.0 Å². The number of carboxylic acid groups (broad SMARTS) is 2. The van der Waals surface area contributed by atoms with Gasteiger partial charge < -0.3 is 19.7 Å². The fraction of sp³-hybridized carbons (Fsp3) is 0.412. The summed E-state index contributed by atoms with van der Waals surface area (Å²) in [6.45, 7) is 6.28. The van der Waals surface area contributed by atoms with Crippen LogP contribution < -0.4 is 9.47 Å². The molecule has 0 aliphatic rings. The minimum absolute atomic E-state index is 0.000333. The van der Waals surface area contributed by atoms with Gasteiger partial charge in [0.05, 0.1) is 24.0 Å². The predicted molar refractivity (Wildman–Crippen MR) is 180 cm³/mol. The molecule has 0 amide bonds. The van der Waals surface area contributed by atoms with E-state index in [0.717, 1.165) is 8.61 Å². The van der Waals surface area contributed by atoms with Gasteiger partial charge in [-0.2, -0.15) is 8.61 Å². The second-order valence-electron chi connectivity index (χ2n) is 12.2. The summed E-state index contributed by atoms with van der Waals surface area (Å²) in [5.74, 6) is -2.24. The zero-order valence-electron chi connectivity index (χ0n) is 27.9. The van der Waals surface area contributed by atoms with Crippen LogP contribution in [0.15, 0.2) is 82.6 Å². The first-order chi connectivity index (χ1) is 22.5. The fourth-order valence-electron chi connectivity index (χ4n) is 5.27. The van der Waals surface area contributed by atoms with Crippen LogP contribution in [-0.2, 0) is 42.7 Å². The number of benzene rings is 3. The minimum Gasteiger partial charge on any atom is -0.497 e. The van der Waals surface area contributed by atoms with Crippen LogP contribution in [0.3, 0.4) is 0 Å². The normalized spacial score (nSPS) is 13.5. The summed E-state index contributed by atoms with van der Waals surface area (Å²) >= 11 is 0. The molecule has 0 aliphatic carbocycles. The van der Waals surface area contributed by atoms with Gasteiger partial charge in [-0.1, -0.05) is 52.0 Å². The van der Waals surface area contributed by atoms with Crippen LogP contribution in [0.5, 0.6) is 11.5 Å². The molecule has 0 aromatic heterocycles. The third-order valence-corrected chi connectivity index (χ3v) is 11.5. The second-order valence-corrected chi connectivity index (χ2v) is 16.0. The molecule has 3 aromatic carbocycles. The Morgan fingerprint density at radius 1 is 0.604 bits per heavy atom. The molecule has 0 aliphatic heterocycles. The van der Waals surface area contributed by atoms with Crippen molar-refractivity contribution in [2.24, 2.45) is 11.8 Å². The number of carbonyl (C=O) groups is 2. The standard InChI is InChI=1S/C34H44N2O10S2/c1-23(2)19-31(33(37)38)35(47(41,42)29-15-11-27(45-5)12-16-29)21-25-9-7-8-10-26(25)22-36(32(34(39)40)20-24(3)4)48(43,44)30-17-13-28(46-6)14-18-30/h7-18,23-24,31-32H,19-22H2,1-6H3,(H,37,38)(H,39,40)/t31-,32+. The van der Waals surface area contributed by atoms with Crippen LogP contribution >= 0.6 is 0 Å². The van der Waals surface area contributed by atoms with Crippen molar-refractivity contribution in [2.45, 2.75) is 75.5 Å². The average Bonchev–Trinajstić information content (AvgIpc) is 3.04. The second kappa shape index (κ2) is 16.4. The molecule has 3 aromatic rings. The lowest BCUT2D eigenvalue weighted by Crippen LogP contribution is -2.46. The number of hydrogen-bond donors (Lipinski definition) is 2. The van der Waals surface area contributed by atoms with E-state index < -0.39 is 57.2 Å². The van der Waals surface area contributed by atoms with Crippen LogP contribution in [0.4, 0.5) is 0 Å². The first-order valence-corrected chi connectivity index (χ1v) is 18.2. The van der Waals surface area contributed by atoms with E-state index >= 15 is 0 Å². The van der Waals surface area contributed by atoms with Crippen LogP contribution in [0, 0.1) is 11.8 Å². The zero-order valence-corrected chi connectivity index (χ0v) is 29.6.